The maximum absolute atomic E-state index is 13.1. The lowest BCUT2D eigenvalue weighted by atomic mass is 9.85. The number of anilines is 1. The Kier molecular flexibility index (Phi) is 8.23. The molecule has 0 spiro atoms. The average Bonchev–Trinajstić information content (AvgIpc) is 3.59. The van der Waals surface area contributed by atoms with Gasteiger partial charge in [0.25, 0.3) is 5.91 Å². The van der Waals surface area contributed by atoms with Crippen LogP contribution in [0, 0.1) is 31.6 Å². The Bertz CT molecular complexity index is 1460. The Hall–Kier alpha value is -3.43. The van der Waals surface area contributed by atoms with Gasteiger partial charge >= 0.3 is 5.97 Å². The molecule has 3 unspecified atom stereocenters. The van der Waals surface area contributed by atoms with Gasteiger partial charge in [0, 0.05) is 49.8 Å². The maximum Gasteiger partial charge on any atom is 0.307 e. The zero-order valence-corrected chi connectivity index (χ0v) is 25.4. The molecule has 1 aliphatic carbocycles. The number of carbonyl (C=O) groups is 2. The van der Waals surface area contributed by atoms with E-state index in [0.29, 0.717) is 18.7 Å². The second kappa shape index (κ2) is 12.1. The summed E-state index contributed by atoms with van der Waals surface area (Å²) in [6, 6.07) is 12.0. The van der Waals surface area contributed by atoms with E-state index in [1.807, 2.05) is 42.2 Å². The Morgan fingerprint density at radius 1 is 1.05 bits per heavy atom. The van der Waals surface area contributed by atoms with Gasteiger partial charge in [-0.2, -0.15) is 0 Å². The van der Waals surface area contributed by atoms with Crippen LogP contribution in [-0.2, 0) is 16.1 Å². The summed E-state index contributed by atoms with van der Waals surface area (Å²) in [5.41, 5.74) is 5.69. The van der Waals surface area contributed by atoms with E-state index in [9.17, 15) is 14.7 Å². The third-order valence-corrected chi connectivity index (χ3v) is 10.2. The van der Waals surface area contributed by atoms with Crippen molar-refractivity contribution >= 4 is 28.3 Å². The number of aromatic nitrogens is 1. The fourth-order valence-corrected chi connectivity index (χ4v) is 7.77. The Morgan fingerprint density at radius 2 is 1.83 bits per heavy atom. The monoisotopic (exact) mass is 589 g/mol. The molecule has 3 aromatic rings. The summed E-state index contributed by atoms with van der Waals surface area (Å²) in [6.07, 6.45) is 4.01. The fourth-order valence-electron chi connectivity index (χ4n) is 6.93. The molecule has 4 atom stereocenters. The van der Waals surface area contributed by atoms with Gasteiger partial charge in [-0.15, -0.1) is 11.3 Å². The molecule has 1 N–H and O–H groups in total. The van der Waals surface area contributed by atoms with Crippen LogP contribution < -0.4 is 9.64 Å². The number of amides is 1. The highest BCUT2D eigenvalue weighted by Gasteiger charge is 2.46. The number of fused-ring (bicyclic) bond motifs is 2. The number of thiazole rings is 1. The number of carboxylic acids is 1. The first-order chi connectivity index (χ1) is 20.3. The molecular weight excluding hydrogens is 550 g/mol. The van der Waals surface area contributed by atoms with Crippen LogP contribution in [0.3, 0.4) is 0 Å². The van der Waals surface area contributed by atoms with Crippen LogP contribution in [0.4, 0.5) is 5.13 Å². The molecule has 3 aliphatic rings. The van der Waals surface area contributed by atoms with Crippen molar-refractivity contribution in [3.63, 3.8) is 0 Å². The molecule has 2 bridgehead atoms. The van der Waals surface area contributed by atoms with Crippen LogP contribution in [0.25, 0.3) is 11.3 Å². The Balaban J connectivity index is 1.15. The summed E-state index contributed by atoms with van der Waals surface area (Å²) in [5, 5.41) is 12.7. The summed E-state index contributed by atoms with van der Waals surface area (Å²) in [4.78, 5) is 34.1. The van der Waals surface area contributed by atoms with Gasteiger partial charge in [-0.25, -0.2) is 4.98 Å². The number of carboxylic acid groups (broad SMARTS) is 1. The van der Waals surface area contributed by atoms with E-state index in [-0.39, 0.29) is 29.8 Å². The molecule has 2 aliphatic heterocycles. The quantitative estimate of drug-likeness (QED) is 0.355. The van der Waals surface area contributed by atoms with E-state index in [0.717, 1.165) is 84.1 Å². The smallest absolute Gasteiger partial charge is 0.307 e. The van der Waals surface area contributed by atoms with E-state index < -0.39 is 5.97 Å². The van der Waals surface area contributed by atoms with Crippen LogP contribution in [0.15, 0.2) is 41.8 Å². The standard InChI is InChI=1S/C33H39N3O5S/c1-20-6-11-29(41-18-25-10-7-22(14-21(25)2)31(37)35-12-4-5-26(17-35)40-3)27(13-20)28-19-42-33(34-28)36-15-23-8-9-24(16-36)30(23)32(38)39/h6-7,10-11,13-14,19,23-24,26,30H,4-5,8-9,12,15-18H2,1-3H3,(H,38,39)/t23-,24?,26?,30?/m1/s1. The molecule has 3 fully saturated rings. The van der Waals surface area contributed by atoms with E-state index in [2.05, 4.69) is 23.3 Å². The maximum atomic E-state index is 13.1. The van der Waals surface area contributed by atoms with Crippen molar-refractivity contribution in [1.29, 1.82) is 0 Å². The highest BCUT2D eigenvalue weighted by molar-refractivity contribution is 7.14. The zero-order chi connectivity index (χ0) is 29.4. The SMILES string of the molecule is COC1CCCN(C(=O)c2ccc(COc3ccc(C)cc3-c3csc(N4CC5CC[C@H](C4)C5C(=O)O)n3)c(C)c2)C1. The predicted octanol–water partition coefficient (Wildman–Crippen LogP) is 5.80. The van der Waals surface area contributed by atoms with Gasteiger partial charge < -0.3 is 24.4 Å². The lowest BCUT2D eigenvalue weighted by molar-refractivity contribution is -0.144. The summed E-state index contributed by atoms with van der Waals surface area (Å²) < 4.78 is 11.9. The number of benzene rings is 2. The number of aliphatic carboxylic acids is 1. The minimum atomic E-state index is -0.651. The largest absolute Gasteiger partial charge is 0.488 e. The van der Waals surface area contributed by atoms with Crippen LogP contribution >= 0.6 is 11.3 Å². The molecule has 3 heterocycles. The van der Waals surface area contributed by atoms with Gasteiger partial charge in [-0.1, -0.05) is 17.7 Å². The van der Waals surface area contributed by atoms with Crippen molar-refractivity contribution in [1.82, 2.24) is 9.88 Å². The molecule has 42 heavy (non-hydrogen) atoms. The molecule has 2 aromatic carbocycles. The number of methoxy groups -OCH3 is 1. The summed E-state index contributed by atoms with van der Waals surface area (Å²) in [7, 11) is 1.71. The van der Waals surface area contributed by atoms with Gasteiger partial charge in [0.1, 0.15) is 12.4 Å². The molecule has 1 aromatic heterocycles. The molecule has 6 rings (SSSR count). The van der Waals surface area contributed by atoms with Gasteiger partial charge in [-0.05, 0) is 86.8 Å². The molecule has 1 saturated carbocycles. The van der Waals surface area contributed by atoms with E-state index in [1.54, 1.807) is 18.4 Å². The molecule has 222 valence electrons. The van der Waals surface area contributed by atoms with Crippen LogP contribution in [0.1, 0.15) is 52.7 Å². The number of ether oxygens (including phenoxy) is 2. The van der Waals surface area contributed by atoms with Crippen molar-refractivity contribution in [2.75, 3.05) is 38.2 Å². The van der Waals surface area contributed by atoms with Gasteiger partial charge in [-0.3, -0.25) is 9.59 Å². The molecule has 9 heteroatoms. The number of likely N-dealkylation sites (tertiary alicyclic amines) is 1. The van der Waals surface area contributed by atoms with Crippen LogP contribution in [-0.4, -0.2) is 66.3 Å². The number of carbonyl (C=O) groups excluding carboxylic acids is 1. The number of nitrogens with zero attached hydrogens (tertiary/aromatic N) is 3. The minimum absolute atomic E-state index is 0.0488. The van der Waals surface area contributed by atoms with E-state index in [1.165, 1.54) is 0 Å². The third-order valence-electron chi connectivity index (χ3n) is 9.26. The topological polar surface area (TPSA) is 92.2 Å². The summed E-state index contributed by atoms with van der Waals surface area (Å²) in [5.74, 6) is 0.327. The molecule has 8 nitrogen and oxygen atoms in total. The first-order valence-corrected chi connectivity index (χ1v) is 15.8. The first kappa shape index (κ1) is 28.7. The third kappa shape index (κ3) is 5.77. The number of hydrogen-bond donors (Lipinski definition) is 1. The second-order valence-electron chi connectivity index (χ2n) is 12.1. The van der Waals surface area contributed by atoms with E-state index >= 15 is 0 Å². The van der Waals surface area contributed by atoms with Crippen LogP contribution in [0.2, 0.25) is 0 Å². The van der Waals surface area contributed by atoms with Gasteiger partial charge in [0.05, 0.1) is 17.7 Å². The average molecular weight is 590 g/mol. The van der Waals surface area contributed by atoms with Gasteiger partial charge in [0.15, 0.2) is 5.13 Å². The normalized spacial score (nSPS) is 23.7. The van der Waals surface area contributed by atoms with Crippen molar-refractivity contribution in [2.45, 2.75) is 52.2 Å². The Labute approximate surface area is 251 Å². The fraction of sp³-hybridized carbons (Fsp3) is 0.485. The van der Waals surface area contributed by atoms with Crippen molar-refractivity contribution in [2.24, 2.45) is 17.8 Å². The molecule has 2 saturated heterocycles. The van der Waals surface area contributed by atoms with Crippen molar-refractivity contribution in [3.8, 4) is 17.0 Å². The highest BCUT2D eigenvalue weighted by atomic mass is 32.1. The number of hydrogen-bond acceptors (Lipinski definition) is 7. The lowest BCUT2D eigenvalue weighted by Gasteiger charge is -2.35. The lowest BCUT2D eigenvalue weighted by Crippen LogP contribution is -2.44. The first-order valence-electron chi connectivity index (χ1n) is 14.9. The molecule has 1 amide bonds. The van der Waals surface area contributed by atoms with Crippen LogP contribution in [0.5, 0.6) is 5.75 Å². The number of rotatable bonds is 8. The van der Waals surface area contributed by atoms with Crippen molar-refractivity contribution < 1.29 is 24.2 Å². The molecule has 0 radical (unpaired) electrons. The molecular formula is C33H39N3O5S. The van der Waals surface area contributed by atoms with Crippen molar-refractivity contribution in [3.05, 3.63) is 64.0 Å². The Morgan fingerprint density at radius 3 is 2.55 bits per heavy atom. The zero-order valence-electron chi connectivity index (χ0n) is 24.5. The number of aryl methyl sites for hydroxylation is 2. The van der Waals surface area contributed by atoms with Gasteiger partial charge in [0.2, 0.25) is 0 Å². The predicted molar refractivity (Wildman–Crippen MR) is 163 cm³/mol. The highest BCUT2D eigenvalue weighted by Crippen LogP contribution is 2.44. The number of piperidine rings is 2. The van der Waals surface area contributed by atoms with E-state index in [4.69, 9.17) is 14.5 Å². The second-order valence-corrected chi connectivity index (χ2v) is 12.9. The summed E-state index contributed by atoms with van der Waals surface area (Å²) >= 11 is 1.61. The minimum Gasteiger partial charge on any atom is -0.488 e. The summed E-state index contributed by atoms with van der Waals surface area (Å²) in [6.45, 7) is 7.36.